The van der Waals surface area contributed by atoms with Crippen molar-refractivity contribution < 1.29 is 14.6 Å². The third-order valence-corrected chi connectivity index (χ3v) is 7.16. The van der Waals surface area contributed by atoms with Crippen LogP contribution in [0.1, 0.15) is 69.2 Å². The van der Waals surface area contributed by atoms with E-state index in [1.807, 2.05) is 30.5 Å². The summed E-state index contributed by atoms with van der Waals surface area (Å²) in [7, 11) is 0. The molecule has 1 aromatic carbocycles. The molecule has 7 heteroatoms. The number of rotatable bonds is 9. The Hall–Kier alpha value is -2.15. The first-order chi connectivity index (χ1) is 16.2. The molecular formula is C27H36ClN3O3. The van der Waals surface area contributed by atoms with Gasteiger partial charge in [0.25, 0.3) is 0 Å². The highest BCUT2D eigenvalue weighted by atomic mass is 35.5. The van der Waals surface area contributed by atoms with Gasteiger partial charge < -0.3 is 20.5 Å². The lowest BCUT2D eigenvalue weighted by Gasteiger charge is -2.47. The number of nitrogens with zero attached hydrogens (tertiary/aromatic N) is 1. The van der Waals surface area contributed by atoms with E-state index in [-0.39, 0.29) is 17.6 Å². The number of aliphatic hydroxyl groups is 1. The molecule has 1 aliphatic carbocycles. The number of fused-ring (bicyclic) bond motifs is 1. The number of carbonyl (C=O) groups is 1. The van der Waals surface area contributed by atoms with E-state index in [9.17, 15) is 9.90 Å². The van der Waals surface area contributed by atoms with Gasteiger partial charge in [0.2, 0.25) is 11.8 Å². The quantitative estimate of drug-likeness (QED) is 0.491. The highest BCUT2D eigenvalue weighted by Crippen LogP contribution is 2.48. The van der Waals surface area contributed by atoms with E-state index >= 15 is 0 Å². The number of carbonyl (C=O) groups excluding carboxylic acids is 1. The largest absolute Gasteiger partial charge is 0.471 e. The number of aliphatic hydroxyl groups excluding tert-OH is 1. The molecule has 184 valence electrons. The van der Waals surface area contributed by atoms with Crippen molar-refractivity contribution in [1.29, 1.82) is 0 Å². The van der Waals surface area contributed by atoms with Crippen molar-refractivity contribution in [2.75, 3.05) is 6.54 Å². The summed E-state index contributed by atoms with van der Waals surface area (Å²) in [6.07, 6.45) is 6.77. The molecule has 2 heterocycles. The first-order valence-corrected chi connectivity index (χ1v) is 12.7. The smallest absolute Gasteiger partial charge is 0.218 e. The molecule has 0 bridgehead atoms. The number of ether oxygens (including phenoxy) is 1. The number of aromatic nitrogens is 1. The molecular weight excluding hydrogens is 450 g/mol. The first-order valence-electron chi connectivity index (χ1n) is 12.3. The average molecular weight is 486 g/mol. The number of hydrogen-bond acceptors (Lipinski definition) is 5. The second-order valence-corrected chi connectivity index (χ2v) is 10.8. The standard InChI is InChI=1S/C27H36ClN3O3/c1-17(2)11-20-12-22-24(14-27(9-4-10-27)34-26(22)30-15-20)29-16-25(33)23(31-18(3)32)13-19-5-7-21(28)8-6-19/h5-8,12,15,17,23-25,29,33H,4,9-11,13-14,16H2,1-3H3,(H,31,32)/t23-,24-,25+/m0/s1. The van der Waals surface area contributed by atoms with E-state index in [1.54, 1.807) is 0 Å². The van der Waals surface area contributed by atoms with Crippen LogP contribution in [0.15, 0.2) is 36.5 Å². The predicted molar refractivity (Wildman–Crippen MR) is 134 cm³/mol. The van der Waals surface area contributed by atoms with Gasteiger partial charge in [0.05, 0.1) is 12.1 Å². The van der Waals surface area contributed by atoms with E-state index in [0.29, 0.717) is 29.8 Å². The molecule has 1 spiro atoms. The van der Waals surface area contributed by atoms with Gasteiger partial charge in [-0.1, -0.05) is 37.6 Å². The predicted octanol–water partition coefficient (Wildman–Crippen LogP) is 4.38. The van der Waals surface area contributed by atoms with Crippen LogP contribution in [0.4, 0.5) is 0 Å². The lowest BCUT2D eigenvalue weighted by Crippen LogP contribution is -2.52. The van der Waals surface area contributed by atoms with Gasteiger partial charge in [0.15, 0.2) is 0 Å². The van der Waals surface area contributed by atoms with Gasteiger partial charge in [0.1, 0.15) is 5.60 Å². The minimum Gasteiger partial charge on any atom is -0.471 e. The monoisotopic (exact) mass is 485 g/mol. The summed E-state index contributed by atoms with van der Waals surface area (Å²) in [6.45, 7) is 6.24. The first kappa shape index (κ1) is 25.0. The zero-order chi connectivity index (χ0) is 24.3. The highest BCUT2D eigenvalue weighted by Gasteiger charge is 2.46. The average Bonchev–Trinajstić information content (AvgIpc) is 2.76. The van der Waals surface area contributed by atoms with E-state index in [0.717, 1.165) is 36.8 Å². The SMILES string of the molecule is CC(=O)N[C@@H](Cc1ccc(Cl)cc1)[C@H](O)CN[C@H]1CC2(CCC2)Oc2ncc(CC(C)C)cc21. The van der Waals surface area contributed by atoms with Crippen molar-refractivity contribution >= 4 is 17.5 Å². The summed E-state index contributed by atoms with van der Waals surface area (Å²) in [5.74, 6) is 1.09. The Kier molecular flexibility index (Phi) is 7.80. The maximum atomic E-state index is 11.8. The molecule has 2 aliphatic rings. The number of hydrogen-bond donors (Lipinski definition) is 3. The number of amides is 1. The van der Waals surface area contributed by atoms with Crippen LogP contribution < -0.4 is 15.4 Å². The summed E-state index contributed by atoms with van der Waals surface area (Å²) in [4.78, 5) is 16.5. The highest BCUT2D eigenvalue weighted by molar-refractivity contribution is 6.30. The Bertz CT molecular complexity index is 991. The van der Waals surface area contributed by atoms with Crippen LogP contribution in [0, 0.1) is 5.92 Å². The van der Waals surface area contributed by atoms with Gasteiger partial charge in [0, 0.05) is 42.7 Å². The Labute approximate surface area is 207 Å². The molecule has 34 heavy (non-hydrogen) atoms. The molecule has 1 saturated carbocycles. The normalized spacial score (nSPS) is 20.2. The van der Waals surface area contributed by atoms with Crippen LogP contribution in [-0.2, 0) is 17.6 Å². The minimum absolute atomic E-state index is 0.0480. The molecule has 0 saturated heterocycles. The van der Waals surface area contributed by atoms with Crippen LogP contribution in [0.2, 0.25) is 5.02 Å². The Morgan fingerprint density at radius 1 is 1.24 bits per heavy atom. The van der Waals surface area contributed by atoms with Crippen molar-refractivity contribution in [2.24, 2.45) is 5.92 Å². The molecule has 0 radical (unpaired) electrons. The lowest BCUT2D eigenvalue weighted by atomic mass is 9.73. The van der Waals surface area contributed by atoms with Gasteiger partial charge in [-0.25, -0.2) is 4.98 Å². The zero-order valence-corrected chi connectivity index (χ0v) is 21.1. The van der Waals surface area contributed by atoms with Crippen LogP contribution in [0.3, 0.4) is 0 Å². The fraction of sp³-hybridized carbons (Fsp3) is 0.556. The maximum Gasteiger partial charge on any atom is 0.218 e. The molecule has 1 amide bonds. The van der Waals surface area contributed by atoms with Crippen LogP contribution in [0.25, 0.3) is 0 Å². The van der Waals surface area contributed by atoms with E-state index in [4.69, 9.17) is 16.3 Å². The Morgan fingerprint density at radius 3 is 2.59 bits per heavy atom. The molecule has 6 nitrogen and oxygen atoms in total. The number of benzene rings is 1. The molecule has 3 N–H and O–H groups in total. The van der Waals surface area contributed by atoms with Gasteiger partial charge >= 0.3 is 0 Å². The van der Waals surface area contributed by atoms with Gasteiger partial charge in [-0.05, 0) is 67.3 Å². The summed E-state index contributed by atoms with van der Waals surface area (Å²) in [6, 6.07) is 9.34. The minimum atomic E-state index is -0.755. The number of halogens is 1. The topological polar surface area (TPSA) is 83.5 Å². The number of pyridine rings is 1. The zero-order valence-electron chi connectivity index (χ0n) is 20.3. The summed E-state index contributed by atoms with van der Waals surface area (Å²) in [5.41, 5.74) is 3.13. The number of nitrogens with one attached hydrogen (secondary N) is 2. The van der Waals surface area contributed by atoms with Gasteiger partial charge in [-0.2, -0.15) is 0 Å². The Morgan fingerprint density at radius 2 is 1.97 bits per heavy atom. The molecule has 2 aromatic rings. The molecule has 3 atom stereocenters. The summed E-state index contributed by atoms with van der Waals surface area (Å²) in [5, 5.41) is 18.2. The molecule has 1 aromatic heterocycles. The van der Waals surface area contributed by atoms with Crippen LogP contribution >= 0.6 is 11.6 Å². The fourth-order valence-electron chi connectivity index (χ4n) is 5.04. The van der Waals surface area contributed by atoms with Crippen molar-refractivity contribution in [3.63, 3.8) is 0 Å². The van der Waals surface area contributed by atoms with Crippen molar-refractivity contribution in [2.45, 2.75) is 83.1 Å². The summed E-state index contributed by atoms with van der Waals surface area (Å²) >= 11 is 6.01. The van der Waals surface area contributed by atoms with Crippen molar-refractivity contribution in [3.8, 4) is 5.88 Å². The van der Waals surface area contributed by atoms with Gasteiger partial charge in [-0.15, -0.1) is 0 Å². The van der Waals surface area contributed by atoms with Crippen molar-refractivity contribution in [3.05, 3.63) is 58.2 Å². The lowest BCUT2D eigenvalue weighted by molar-refractivity contribution is -0.120. The van der Waals surface area contributed by atoms with Gasteiger partial charge in [-0.3, -0.25) is 4.79 Å². The second-order valence-electron chi connectivity index (χ2n) is 10.3. The summed E-state index contributed by atoms with van der Waals surface area (Å²) < 4.78 is 6.36. The maximum absolute atomic E-state index is 11.8. The Balaban J connectivity index is 1.48. The molecule has 0 unspecified atom stereocenters. The van der Waals surface area contributed by atoms with E-state index in [2.05, 4.69) is 35.5 Å². The molecule has 1 aliphatic heterocycles. The van der Waals surface area contributed by atoms with Crippen LogP contribution in [-0.4, -0.2) is 40.3 Å². The molecule has 4 rings (SSSR count). The van der Waals surface area contributed by atoms with E-state index < -0.39 is 12.1 Å². The van der Waals surface area contributed by atoms with Crippen molar-refractivity contribution in [1.82, 2.24) is 15.6 Å². The second kappa shape index (κ2) is 10.6. The van der Waals surface area contributed by atoms with Crippen LogP contribution in [0.5, 0.6) is 5.88 Å². The third-order valence-electron chi connectivity index (χ3n) is 6.90. The van der Waals surface area contributed by atoms with E-state index in [1.165, 1.54) is 18.9 Å². The molecule has 1 fully saturated rings. The fourth-order valence-corrected chi connectivity index (χ4v) is 5.17. The third kappa shape index (κ3) is 6.09.